The summed E-state index contributed by atoms with van der Waals surface area (Å²) in [5, 5.41) is 17.4. The topological polar surface area (TPSA) is 87.1 Å². The first-order chi connectivity index (χ1) is 8.63. The molecule has 1 aliphatic heterocycles. The third-order valence-corrected chi connectivity index (χ3v) is 3.62. The van der Waals surface area contributed by atoms with E-state index in [4.69, 9.17) is 14.9 Å². The van der Waals surface area contributed by atoms with E-state index in [2.05, 4.69) is 0 Å². The number of nitrogens with zero attached hydrogens (tertiary/aromatic N) is 1. The van der Waals surface area contributed by atoms with E-state index in [0.29, 0.717) is 26.1 Å². The molecule has 1 amide bonds. The number of hydrogen-bond donors (Lipinski definition) is 2. The van der Waals surface area contributed by atoms with Crippen LogP contribution in [0.4, 0.5) is 0 Å². The van der Waals surface area contributed by atoms with E-state index in [0.717, 1.165) is 12.8 Å². The summed E-state index contributed by atoms with van der Waals surface area (Å²) in [7, 11) is 0. The molecule has 18 heavy (non-hydrogen) atoms. The fraction of sp³-hybridized carbons (Fsp3) is 0.833. The summed E-state index contributed by atoms with van der Waals surface area (Å²) in [4.78, 5) is 24.4. The van der Waals surface area contributed by atoms with Crippen LogP contribution in [0.15, 0.2) is 0 Å². The molecule has 0 aromatic heterocycles. The van der Waals surface area contributed by atoms with Gasteiger partial charge in [0.15, 0.2) is 0 Å². The van der Waals surface area contributed by atoms with E-state index in [9.17, 15) is 9.59 Å². The maximum absolute atomic E-state index is 12.0. The molecule has 0 spiro atoms. The van der Waals surface area contributed by atoms with Crippen LogP contribution < -0.4 is 0 Å². The number of likely N-dealkylation sites (tertiary alicyclic amines) is 1. The Hall–Kier alpha value is -1.14. The SMILES string of the molecule is O=C(O)C1CC1C(=O)N1CCC(OCCO)CC1. The van der Waals surface area contributed by atoms with Crippen molar-refractivity contribution in [2.24, 2.45) is 11.8 Å². The summed E-state index contributed by atoms with van der Waals surface area (Å²) in [6, 6.07) is 0. The van der Waals surface area contributed by atoms with E-state index in [1.54, 1.807) is 4.90 Å². The number of carboxylic acid groups (broad SMARTS) is 1. The number of piperidine rings is 1. The number of aliphatic carboxylic acids is 1. The maximum atomic E-state index is 12.0. The zero-order chi connectivity index (χ0) is 13.1. The van der Waals surface area contributed by atoms with E-state index in [1.807, 2.05) is 0 Å². The highest BCUT2D eigenvalue weighted by atomic mass is 16.5. The molecule has 0 aromatic carbocycles. The smallest absolute Gasteiger partial charge is 0.307 e. The van der Waals surface area contributed by atoms with Gasteiger partial charge < -0.3 is 19.8 Å². The summed E-state index contributed by atoms with van der Waals surface area (Å²) in [6.45, 7) is 1.60. The lowest BCUT2D eigenvalue weighted by molar-refractivity contribution is -0.142. The van der Waals surface area contributed by atoms with Gasteiger partial charge in [-0.3, -0.25) is 9.59 Å². The molecule has 102 valence electrons. The van der Waals surface area contributed by atoms with Crippen molar-refractivity contribution in [3.8, 4) is 0 Å². The Morgan fingerprint density at radius 2 is 1.89 bits per heavy atom. The van der Waals surface area contributed by atoms with E-state index in [1.165, 1.54) is 0 Å². The third kappa shape index (κ3) is 3.00. The van der Waals surface area contributed by atoms with Gasteiger partial charge in [-0.15, -0.1) is 0 Å². The van der Waals surface area contributed by atoms with Crippen LogP contribution in [0.2, 0.25) is 0 Å². The van der Waals surface area contributed by atoms with Crippen molar-refractivity contribution in [3.63, 3.8) is 0 Å². The Balaban J connectivity index is 1.73. The maximum Gasteiger partial charge on any atom is 0.307 e. The molecule has 2 aliphatic rings. The first kappa shape index (κ1) is 13.3. The van der Waals surface area contributed by atoms with Crippen LogP contribution in [0.5, 0.6) is 0 Å². The second-order valence-corrected chi connectivity index (χ2v) is 4.91. The monoisotopic (exact) mass is 257 g/mol. The number of carbonyl (C=O) groups is 2. The van der Waals surface area contributed by atoms with Crippen molar-refractivity contribution in [2.75, 3.05) is 26.3 Å². The zero-order valence-electron chi connectivity index (χ0n) is 10.2. The van der Waals surface area contributed by atoms with Crippen molar-refractivity contribution in [3.05, 3.63) is 0 Å². The molecular formula is C12H19NO5. The first-order valence-corrected chi connectivity index (χ1v) is 6.37. The van der Waals surface area contributed by atoms with Crippen molar-refractivity contribution < 1.29 is 24.5 Å². The van der Waals surface area contributed by atoms with Gasteiger partial charge in [-0.2, -0.15) is 0 Å². The molecule has 6 heteroatoms. The van der Waals surface area contributed by atoms with Gasteiger partial charge in [0.25, 0.3) is 0 Å². The van der Waals surface area contributed by atoms with E-state index >= 15 is 0 Å². The Morgan fingerprint density at radius 1 is 1.22 bits per heavy atom. The van der Waals surface area contributed by atoms with Gasteiger partial charge in [0.2, 0.25) is 5.91 Å². The molecule has 6 nitrogen and oxygen atoms in total. The van der Waals surface area contributed by atoms with E-state index < -0.39 is 11.9 Å². The zero-order valence-corrected chi connectivity index (χ0v) is 10.2. The van der Waals surface area contributed by atoms with Gasteiger partial charge in [-0.1, -0.05) is 0 Å². The van der Waals surface area contributed by atoms with Crippen molar-refractivity contribution >= 4 is 11.9 Å². The number of hydrogen-bond acceptors (Lipinski definition) is 4. The van der Waals surface area contributed by atoms with Gasteiger partial charge in [0.05, 0.1) is 31.2 Å². The number of carboxylic acids is 1. The Kier molecular flexibility index (Phi) is 4.19. The average Bonchev–Trinajstić information content (AvgIpc) is 3.16. The summed E-state index contributed by atoms with van der Waals surface area (Å²) in [5.41, 5.74) is 0. The molecule has 1 heterocycles. The minimum atomic E-state index is -0.866. The number of rotatable bonds is 5. The lowest BCUT2D eigenvalue weighted by atomic mass is 10.1. The van der Waals surface area contributed by atoms with Crippen LogP contribution >= 0.6 is 0 Å². The number of carbonyl (C=O) groups excluding carboxylic acids is 1. The summed E-state index contributed by atoms with van der Waals surface area (Å²) in [6.07, 6.45) is 2.11. The molecule has 0 aromatic rings. The van der Waals surface area contributed by atoms with Gasteiger partial charge in [0.1, 0.15) is 0 Å². The molecule has 1 aliphatic carbocycles. The van der Waals surface area contributed by atoms with Crippen molar-refractivity contribution in [1.82, 2.24) is 4.90 Å². The molecule has 2 unspecified atom stereocenters. The molecule has 1 saturated carbocycles. The van der Waals surface area contributed by atoms with Crippen molar-refractivity contribution in [1.29, 1.82) is 0 Å². The highest BCUT2D eigenvalue weighted by molar-refractivity contribution is 5.89. The standard InChI is InChI=1S/C12H19NO5/c14-5-6-18-8-1-3-13(4-2-8)11(15)9-7-10(9)12(16)17/h8-10,14H,1-7H2,(H,16,17). The molecule has 1 saturated heterocycles. The summed E-state index contributed by atoms with van der Waals surface area (Å²) < 4.78 is 5.41. The Bertz CT molecular complexity index is 324. The van der Waals surface area contributed by atoms with E-state index in [-0.39, 0.29) is 24.5 Å². The lowest BCUT2D eigenvalue weighted by Crippen LogP contribution is -2.42. The highest BCUT2D eigenvalue weighted by Gasteiger charge is 2.50. The number of amides is 1. The fourth-order valence-electron chi connectivity index (χ4n) is 2.44. The second-order valence-electron chi connectivity index (χ2n) is 4.91. The molecule has 2 fully saturated rings. The van der Waals surface area contributed by atoms with Gasteiger partial charge in [-0.05, 0) is 19.3 Å². The lowest BCUT2D eigenvalue weighted by Gasteiger charge is -2.32. The first-order valence-electron chi connectivity index (χ1n) is 6.37. The van der Waals surface area contributed by atoms with Gasteiger partial charge >= 0.3 is 5.97 Å². The summed E-state index contributed by atoms with van der Waals surface area (Å²) in [5.74, 6) is -1.67. The predicted molar refractivity (Wildman–Crippen MR) is 61.9 cm³/mol. The fourth-order valence-corrected chi connectivity index (χ4v) is 2.44. The molecular weight excluding hydrogens is 238 g/mol. The van der Waals surface area contributed by atoms with Crippen LogP contribution in [0, 0.1) is 11.8 Å². The molecule has 2 rings (SSSR count). The minimum absolute atomic E-state index is 0.0154. The molecule has 0 bridgehead atoms. The number of aliphatic hydroxyl groups excluding tert-OH is 1. The van der Waals surface area contributed by atoms with Gasteiger partial charge in [0, 0.05) is 13.1 Å². The minimum Gasteiger partial charge on any atom is -0.481 e. The Morgan fingerprint density at radius 3 is 2.39 bits per heavy atom. The molecule has 0 radical (unpaired) electrons. The largest absolute Gasteiger partial charge is 0.481 e. The Labute approximate surface area is 106 Å². The normalized spacial score (nSPS) is 28.2. The van der Waals surface area contributed by atoms with Crippen LogP contribution in [0.1, 0.15) is 19.3 Å². The number of aliphatic hydroxyl groups is 1. The number of ether oxygens (including phenoxy) is 1. The molecule has 2 atom stereocenters. The highest BCUT2D eigenvalue weighted by Crippen LogP contribution is 2.40. The van der Waals surface area contributed by atoms with Crippen LogP contribution in [0.3, 0.4) is 0 Å². The van der Waals surface area contributed by atoms with Crippen LogP contribution in [0.25, 0.3) is 0 Å². The summed E-state index contributed by atoms with van der Waals surface area (Å²) >= 11 is 0. The van der Waals surface area contributed by atoms with Crippen LogP contribution in [-0.2, 0) is 14.3 Å². The third-order valence-electron chi connectivity index (χ3n) is 3.62. The van der Waals surface area contributed by atoms with Crippen LogP contribution in [-0.4, -0.2) is 59.4 Å². The average molecular weight is 257 g/mol. The quantitative estimate of drug-likeness (QED) is 0.706. The molecule has 2 N–H and O–H groups in total. The van der Waals surface area contributed by atoms with Crippen molar-refractivity contribution in [2.45, 2.75) is 25.4 Å². The van der Waals surface area contributed by atoms with Gasteiger partial charge in [-0.25, -0.2) is 0 Å². The second kappa shape index (κ2) is 5.67. The predicted octanol–water partition coefficient (Wildman–Crippen LogP) is -0.293.